The lowest BCUT2D eigenvalue weighted by Crippen LogP contribution is -2.51. The molecule has 1 atom stereocenters. The molecule has 0 spiro atoms. The van der Waals surface area contributed by atoms with Gasteiger partial charge in [-0.1, -0.05) is 86.6 Å². The molecule has 1 unspecified atom stereocenters. The Labute approximate surface area is 202 Å². The fourth-order valence-electron chi connectivity index (χ4n) is 3.78. The summed E-state index contributed by atoms with van der Waals surface area (Å²) in [7, 11) is 1.62. The molecule has 34 heavy (non-hydrogen) atoms. The van der Waals surface area contributed by atoms with E-state index in [2.05, 4.69) is 19.2 Å². The van der Waals surface area contributed by atoms with Gasteiger partial charge in [-0.15, -0.1) is 0 Å². The zero-order valence-electron chi connectivity index (χ0n) is 20.2. The summed E-state index contributed by atoms with van der Waals surface area (Å²) in [5.41, 5.74) is 2.88. The molecular formula is C29H34N2O3. The Hall–Kier alpha value is -3.60. The number of carbonyl (C=O) groups excluding carboxylic acids is 2. The molecular weight excluding hydrogens is 424 g/mol. The highest BCUT2D eigenvalue weighted by molar-refractivity contribution is 5.88. The first-order chi connectivity index (χ1) is 16.5. The highest BCUT2D eigenvalue weighted by Crippen LogP contribution is 2.19. The summed E-state index contributed by atoms with van der Waals surface area (Å²) in [6.45, 7) is 5.01. The van der Waals surface area contributed by atoms with Crippen LogP contribution in [0.1, 0.15) is 30.5 Å². The smallest absolute Gasteiger partial charge is 0.243 e. The van der Waals surface area contributed by atoms with E-state index in [0.29, 0.717) is 25.4 Å². The molecule has 3 aromatic rings. The maximum Gasteiger partial charge on any atom is 0.243 e. The van der Waals surface area contributed by atoms with Crippen molar-refractivity contribution >= 4 is 11.8 Å². The van der Waals surface area contributed by atoms with E-state index in [1.807, 2.05) is 84.9 Å². The molecule has 5 heteroatoms. The minimum Gasteiger partial charge on any atom is -0.497 e. The normalized spacial score (nSPS) is 11.6. The monoisotopic (exact) mass is 458 g/mol. The number of amides is 2. The minimum absolute atomic E-state index is 0.0809. The molecule has 0 aliphatic carbocycles. The van der Waals surface area contributed by atoms with Crippen molar-refractivity contribution in [2.75, 3.05) is 13.7 Å². The lowest BCUT2D eigenvalue weighted by atomic mass is 10.0. The number of nitrogens with one attached hydrogen (secondary N) is 1. The molecule has 0 saturated carbocycles. The van der Waals surface area contributed by atoms with Crippen molar-refractivity contribution in [3.63, 3.8) is 0 Å². The third-order valence-corrected chi connectivity index (χ3v) is 5.67. The summed E-state index contributed by atoms with van der Waals surface area (Å²) < 4.78 is 5.27. The largest absolute Gasteiger partial charge is 0.497 e. The number of hydrogen-bond acceptors (Lipinski definition) is 3. The fraction of sp³-hybridized carbons (Fsp3) is 0.310. The zero-order chi connectivity index (χ0) is 24.3. The lowest BCUT2D eigenvalue weighted by molar-refractivity contribution is -0.140. The molecule has 2 amide bonds. The van der Waals surface area contributed by atoms with Crippen LogP contribution in [0, 0.1) is 5.92 Å². The van der Waals surface area contributed by atoms with Gasteiger partial charge < -0.3 is 15.0 Å². The van der Waals surface area contributed by atoms with Gasteiger partial charge in [0.25, 0.3) is 0 Å². The van der Waals surface area contributed by atoms with Crippen molar-refractivity contribution in [3.8, 4) is 5.75 Å². The topological polar surface area (TPSA) is 58.6 Å². The second-order valence-electron chi connectivity index (χ2n) is 8.88. The van der Waals surface area contributed by atoms with Crippen LogP contribution in [-0.2, 0) is 29.0 Å². The van der Waals surface area contributed by atoms with Gasteiger partial charge in [-0.05, 0) is 34.7 Å². The Morgan fingerprint density at radius 1 is 0.824 bits per heavy atom. The van der Waals surface area contributed by atoms with Crippen molar-refractivity contribution in [1.82, 2.24) is 10.2 Å². The number of ether oxygens (including phenoxy) is 1. The molecule has 0 aromatic heterocycles. The average molecular weight is 459 g/mol. The van der Waals surface area contributed by atoms with Gasteiger partial charge in [0.15, 0.2) is 0 Å². The third kappa shape index (κ3) is 7.48. The van der Waals surface area contributed by atoms with Crippen LogP contribution in [0.15, 0.2) is 84.9 Å². The summed E-state index contributed by atoms with van der Waals surface area (Å²) in [4.78, 5) is 28.8. The maximum absolute atomic E-state index is 13.6. The standard InChI is InChI=1S/C29H34N2O3/c1-22(2)20-30-29(33)27(18-23-10-6-4-7-11-23)31(21-25-14-16-26(34-3)17-15-25)28(32)19-24-12-8-5-9-13-24/h4-17,22,27H,18-21H2,1-3H3,(H,30,33). The fourth-order valence-corrected chi connectivity index (χ4v) is 3.78. The van der Waals surface area contributed by atoms with E-state index in [4.69, 9.17) is 4.74 Å². The molecule has 0 bridgehead atoms. The van der Waals surface area contributed by atoms with Crippen LogP contribution in [0.4, 0.5) is 0 Å². The number of carbonyl (C=O) groups is 2. The lowest BCUT2D eigenvalue weighted by Gasteiger charge is -2.32. The Morgan fingerprint density at radius 3 is 1.97 bits per heavy atom. The van der Waals surface area contributed by atoms with Crippen molar-refractivity contribution in [2.45, 2.75) is 39.3 Å². The van der Waals surface area contributed by atoms with E-state index in [1.165, 1.54) is 0 Å². The molecule has 0 heterocycles. The van der Waals surface area contributed by atoms with Gasteiger partial charge in [-0.3, -0.25) is 9.59 Å². The van der Waals surface area contributed by atoms with E-state index < -0.39 is 6.04 Å². The molecule has 0 fully saturated rings. The van der Waals surface area contributed by atoms with Gasteiger partial charge >= 0.3 is 0 Å². The second kappa shape index (κ2) is 12.6. The van der Waals surface area contributed by atoms with Gasteiger partial charge in [0.1, 0.15) is 11.8 Å². The Bertz CT molecular complexity index is 1030. The molecule has 0 radical (unpaired) electrons. The van der Waals surface area contributed by atoms with E-state index >= 15 is 0 Å². The molecule has 0 saturated heterocycles. The van der Waals surface area contributed by atoms with Crippen molar-refractivity contribution in [1.29, 1.82) is 0 Å². The van der Waals surface area contributed by atoms with E-state index in [9.17, 15) is 9.59 Å². The van der Waals surface area contributed by atoms with Gasteiger partial charge in [0.2, 0.25) is 11.8 Å². The number of benzene rings is 3. The van der Waals surface area contributed by atoms with Gasteiger partial charge in [0.05, 0.1) is 13.5 Å². The van der Waals surface area contributed by atoms with E-state index in [-0.39, 0.29) is 18.2 Å². The Balaban J connectivity index is 1.93. The first kappa shape index (κ1) is 25.0. The highest BCUT2D eigenvalue weighted by Gasteiger charge is 2.30. The number of rotatable bonds is 11. The van der Waals surface area contributed by atoms with Crippen molar-refractivity contribution < 1.29 is 14.3 Å². The van der Waals surface area contributed by atoms with Crippen molar-refractivity contribution in [3.05, 3.63) is 102 Å². The van der Waals surface area contributed by atoms with Crippen LogP contribution in [0.25, 0.3) is 0 Å². The molecule has 3 rings (SSSR count). The molecule has 3 aromatic carbocycles. The van der Waals surface area contributed by atoms with Gasteiger partial charge in [-0.25, -0.2) is 0 Å². The molecule has 178 valence electrons. The zero-order valence-corrected chi connectivity index (χ0v) is 20.2. The highest BCUT2D eigenvalue weighted by atomic mass is 16.5. The second-order valence-corrected chi connectivity index (χ2v) is 8.88. The van der Waals surface area contributed by atoms with Crippen LogP contribution in [0.2, 0.25) is 0 Å². The summed E-state index contributed by atoms with van der Waals surface area (Å²) in [5.74, 6) is 0.855. The van der Waals surface area contributed by atoms with Crippen LogP contribution >= 0.6 is 0 Å². The summed E-state index contributed by atoms with van der Waals surface area (Å²) in [6, 6.07) is 26.5. The molecule has 0 aliphatic heterocycles. The van der Waals surface area contributed by atoms with Crippen molar-refractivity contribution in [2.24, 2.45) is 5.92 Å². The van der Waals surface area contributed by atoms with Gasteiger partial charge in [-0.2, -0.15) is 0 Å². The van der Waals surface area contributed by atoms with Crippen LogP contribution in [0.3, 0.4) is 0 Å². The first-order valence-electron chi connectivity index (χ1n) is 11.7. The average Bonchev–Trinajstić information content (AvgIpc) is 2.86. The van der Waals surface area contributed by atoms with Crippen LogP contribution in [0.5, 0.6) is 5.75 Å². The third-order valence-electron chi connectivity index (χ3n) is 5.67. The van der Waals surface area contributed by atoms with Crippen LogP contribution < -0.4 is 10.1 Å². The number of methoxy groups -OCH3 is 1. The minimum atomic E-state index is -0.625. The summed E-state index contributed by atoms with van der Waals surface area (Å²) in [6.07, 6.45) is 0.682. The molecule has 1 N–H and O–H groups in total. The number of hydrogen-bond donors (Lipinski definition) is 1. The molecule has 0 aliphatic rings. The Kier molecular flexibility index (Phi) is 9.27. The SMILES string of the molecule is COc1ccc(CN(C(=O)Cc2ccccc2)C(Cc2ccccc2)C(=O)NCC(C)C)cc1. The predicted molar refractivity (Wildman–Crippen MR) is 135 cm³/mol. The van der Waals surface area contributed by atoms with Gasteiger partial charge in [0, 0.05) is 19.5 Å². The summed E-state index contributed by atoms with van der Waals surface area (Å²) >= 11 is 0. The number of nitrogens with zero attached hydrogens (tertiary/aromatic N) is 1. The Morgan fingerprint density at radius 2 is 1.41 bits per heavy atom. The first-order valence-corrected chi connectivity index (χ1v) is 11.7. The van der Waals surface area contributed by atoms with E-state index in [0.717, 1.165) is 22.4 Å². The van der Waals surface area contributed by atoms with Crippen LogP contribution in [-0.4, -0.2) is 36.4 Å². The predicted octanol–water partition coefficient (Wildman–Crippen LogP) is 4.65. The quantitative estimate of drug-likeness (QED) is 0.455. The molecule has 5 nitrogen and oxygen atoms in total. The summed E-state index contributed by atoms with van der Waals surface area (Å²) in [5, 5.41) is 3.05. The van der Waals surface area contributed by atoms with E-state index in [1.54, 1.807) is 12.0 Å². The maximum atomic E-state index is 13.6.